The molecule has 3 rings (SSSR count). The van der Waals surface area contributed by atoms with Gasteiger partial charge >= 0.3 is 0 Å². The summed E-state index contributed by atoms with van der Waals surface area (Å²) in [5.41, 5.74) is 0.252. The SMILES string of the molecule is O=C(CN(c1cc(Cl)ccc1Cl)S(=O)(=O)c1ccccc1)Nc1cccc(F)c1. The Morgan fingerprint density at radius 2 is 1.69 bits per heavy atom. The van der Waals surface area contributed by atoms with E-state index in [0.717, 1.165) is 10.4 Å². The van der Waals surface area contributed by atoms with Crippen LogP contribution in [0.4, 0.5) is 15.8 Å². The summed E-state index contributed by atoms with van der Waals surface area (Å²) in [4.78, 5) is 12.5. The second-order valence-corrected chi connectivity index (χ2v) is 8.68. The summed E-state index contributed by atoms with van der Waals surface area (Å²) in [6.07, 6.45) is 0. The molecule has 0 aliphatic heterocycles. The first-order valence-electron chi connectivity index (χ1n) is 8.35. The van der Waals surface area contributed by atoms with Crippen LogP contribution in [-0.2, 0) is 14.8 Å². The number of nitrogens with zero attached hydrogens (tertiary/aromatic N) is 1. The molecule has 0 aliphatic rings. The number of carbonyl (C=O) groups is 1. The lowest BCUT2D eigenvalue weighted by Crippen LogP contribution is -2.38. The lowest BCUT2D eigenvalue weighted by Gasteiger charge is -2.25. The van der Waals surface area contributed by atoms with Gasteiger partial charge in [-0.15, -0.1) is 0 Å². The Morgan fingerprint density at radius 3 is 2.38 bits per heavy atom. The zero-order valence-electron chi connectivity index (χ0n) is 14.8. The molecule has 0 fully saturated rings. The van der Waals surface area contributed by atoms with Crippen molar-refractivity contribution in [1.82, 2.24) is 0 Å². The van der Waals surface area contributed by atoms with Crippen LogP contribution in [0, 0.1) is 5.82 Å². The van der Waals surface area contributed by atoms with E-state index in [-0.39, 0.29) is 26.3 Å². The van der Waals surface area contributed by atoms with E-state index in [1.165, 1.54) is 48.5 Å². The van der Waals surface area contributed by atoms with Crippen LogP contribution in [0.25, 0.3) is 0 Å². The van der Waals surface area contributed by atoms with E-state index >= 15 is 0 Å². The Bertz CT molecular complexity index is 1140. The first kappa shape index (κ1) is 21.1. The highest BCUT2D eigenvalue weighted by Gasteiger charge is 2.29. The fourth-order valence-corrected chi connectivity index (χ4v) is 4.48. The van der Waals surface area contributed by atoms with E-state index in [1.54, 1.807) is 18.2 Å². The molecular weight excluding hydrogens is 438 g/mol. The highest BCUT2D eigenvalue weighted by atomic mass is 35.5. The Balaban J connectivity index is 1.99. The van der Waals surface area contributed by atoms with Gasteiger partial charge in [-0.05, 0) is 48.5 Å². The van der Waals surface area contributed by atoms with Crippen LogP contribution in [0.15, 0.2) is 77.7 Å². The number of amides is 1. The van der Waals surface area contributed by atoms with Crippen molar-refractivity contribution in [3.63, 3.8) is 0 Å². The van der Waals surface area contributed by atoms with Crippen molar-refractivity contribution in [2.24, 2.45) is 0 Å². The molecule has 3 aromatic carbocycles. The molecule has 0 aliphatic carbocycles. The molecular formula is C20H15Cl2FN2O3S. The number of benzene rings is 3. The normalized spacial score (nSPS) is 11.1. The number of sulfonamides is 1. The molecule has 150 valence electrons. The van der Waals surface area contributed by atoms with Gasteiger partial charge in [0.15, 0.2) is 0 Å². The van der Waals surface area contributed by atoms with E-state index in [0.29, 0.717) is 0 Å². The smallest absolute Gasteiger partial charge is 0.264 e. The molecule has 0 spiro atoms. The van der Waals surface area contributed by atoms with Crippen LogP contribution in [0.3, 0.4) is 0 Å². The van der Waals surface area contributed by atoms with E-state index < -0.39 is 28.3 Å². The molecule has 0 bridgehead atoms. The Morgan fingerprint density at radius 1 is 0.966 bits per heavy atom. The standard InChI is InChI=1S/C20H15Cl2FN2O3S/c21-14-9-10-18(22)19(11-14)25(29(27,28)17-7-2-1-3-8-17)13-20(26)24-16-6-4-5-15(23)12-16/h1-12H,13H2,(H,24,26). The first-order chi connectivity index (χ1) is 13.8. The lowest BCUT2D eigenvalue weighted by molar-refractivity contribution is -0.114. The Hall–Kier alpha value is -2.61. The predicted octanol–water partition coefficient (Wildman–Crippen LogP) is 4.97. The molecule has 0 saturated heterocycles. The molecule has 0 radical (unpaired) electrons. The lowest BCUT2D eigenvalue weighted by atomic mass is 10.3. The fourth-order valence-electron chi connectivity index (χ4n) is 2.59. The zero-order valence-corrected chi connectivity index (χ0v) is 17.2. The van der Waals surface area contributed by atoms with Gasteiger partial charge in [-0.1, -0.05) is 47.5 Å². The van der Waals surface area contributed by atoms with Crippen LogP contribution in [0.5, 0.6) is 0 Å². The van der Waals surface area contributed by atoms with Crippen LogP contribution >= 0.6 is 23.2 Å². The molecule has 9 heteroatoms. The largest absolute Gasteiger partial charge is 0.324 e. The number of anilines is 2. The van der Waals surface area contributed by atoms with Crippen LogP contribution in [0.2, 0.25) is 10.0 Å². The van der Waals surface area contributed by atoms with Crippen molar-refractivity contribution in [3.8, 4) is 0 Å². The highest BCUT2D eigenvalue weighted by molar-refractivity contribution is 7.92. The van der Waals surface area contributed by atoms with Gasteiger partial charge in [-0.2, -0.15) is 0 Å². The molecule has 0 aromatic heterocycles. The molecule has 0 heterocycles. The third-order valence-electron chi connectivity index (χ3n) is 3.90. The molecule has 0 saturated carbocycles. The summed E-state index contributed by atoms with van der Waals surface area (Å²) in [5.74, 6) is -1.21. The second kappa shape index (κ2) is 8.82. The molecule has 0 unspecified atom stereocenters. The summed E-state index contributed by atoms with van der Waals surface area (Å²) in [6, 6.07) is 17.2. The van der Waals surface area contributed by atoms with Gasteiger partial charge in [0.25, 0.3) is 10.0 Å². The third-order valence-corrected chi connectivity index (χ3v) is 6.23. The van der Waals surface area contributed by atoms with Crippen LogP contribution in [-0.4, -0.2) is 20.9 Å². The molecule has 5 nitrogen and oxygen atoms in total. The predicted molar refractivity (Wildman–Crippen MR) is 112 cm³/mol. The number of carbonyl (C=O) groups excluding carboxylic acids is 1. The van der Waals surface area contributed by atoms with E-state index in [2.05, 4.69) is 5.32 Å². The summed E-state index contributed by atoms with van der Waals surface area (Å²) in [7, 11) is -4.13. The average Bonchev–Trinajstić information content (AvgIpc) is 2.69. The summed E-state index contributed by atoms with van der Waals surface area (Å²) < 4.78 is 40.7. The van der Waals surface area contributed by atoms with Crippen molar-refractivity contribution < 1.29 is 17.6 Å². The van der Waals surface area contributed by atoms with E-state index in [4.69, 9.17) is 23.2 Å². The van der Waals surface area contributed by atoms with Crippen molar-refractivity contribution in [1.29, 1.82) is 0 Å². The second-order valence-electron chi connectivity index (χ2n) is 5.98. The topological polar surface area (TPSA) is 66.5 Å². The zero-order chi connectivity index (χ0) is 21.0. The van der Waals surface area contributed by atoms with Crippen molar-refractivity contribution in [3.05, 3.63) is 88.7 Å². The minimum absolute atomic E-state index is 0.0189. The van der Waals surface area contributed by atoms with Gasteiger partial charge in [-0.3, -0.25) is 9.10 Å². The maximum Gasteiger partial charge on any atom is 0.264 e. The maximum absolute atomic E-state index is 13.4. The Labute approximate surface area is 177 Å². The third kappa shape index (κ3) is 5.06. The Kier molecular flexibility index (Phi) is 6.42. The van der Waals surface area contributed by atoms with Gasteiger partial charge in [0.2, 0.25) is 5.91 Å². The minimum atomic E-state index is -4.13. The van der Waals surface area contributed by atoms with Gasteiger partial charge < -0.3 is 5.32 Å². The summed E-state index contributed by atoms with van der Waals surface area (Å²) in [6.45, 7) is -0.589. The molecule has 0 atom stereocenters. The average molecular weight is 453 g/mol. The number of rotatable bonds is 6. The van der Waals surface area contributed by atoms with E-state index in [1.807, 2.05) is 0 Å². The highest BCUT2D eigenvalue weighted by Crippen LogP contribution is 2.33. The molecule has 1 N–H and O–H groups in total. The molecule has 3 aromatic rings. The minimum Gasteiger partial charge on any atom is -0.324 e. The van der Waals surface area contributed by atoms with Crippen molar-refractivity contribution in [2.75, 3.05) is 16.2 Å². The van der Waals surface area contributed by atoms with Gasteiger partial charge in [0.1, 0.15) is 12.4 Å². The first-order valence-corrected chi connectivity index (χ1v) is 10.6. The number of nitrogens with one attached hydrogen (secondary N) is 1. The van der Waals surface area contributed by atoms with Crippen molar-refractivity contribution in [2.45, 2.75) is 4.90 Å². The summed E-state index contributed by atoms with van der Waals surface area (Å²) >= 11 is 12.2. The summed E-state index contributed by atoms with van der Waals surface area (Å²) in [5, 5.41) is 2.84. The van der Waals surface area contributed by atoms with Crippen LogP contribution < -0.4 is 9.62 Å². The monoisotopic (exact) mass is 452 g/mol. The fraction of sp³-hybridized carbons (Fsp3) is 0.0500. The quantitative estimate of drug-likeness (QED) is 0.574. The van der Waals surface area contributed by atoms with Gasteiger partial charge in [-0.25, -0.2) is 12.8 Å². The molecule has 29 heavy (non-hydrogen) atoms. The molecule has 1 amide bonds. The van der Waals surface area contributed by atoms with Gasteiger partial charge in [0.05, 0.1) is 15.6 Å². The maximum atomic E-state index is 13.4. The number of hydrogen-bond acceptors (Lipinski definition) is 3. The number of hydrogen-bond donors (Lipinski definition) is 1. The van der Waals surface area contributed by atoms with Gasteiger partial charge in [0, 0.05) is 10.7 Å². The van der Waals surface area contributed by atoms with Crippen molar-refractivity contribution >= 4 is 50.5 Å². The van der Waals surface area contributed by atoms with E-state index in [9.17, 15) is 17.6 Å². The number of halogens is 3. The van der Waals surface area contributed by atoms with Crippen LogP contribution in [0.1, 0.15) is 0 Å².